The van der Waals surface area contributed by atoms with Gasteiger partial charge in [-0.05, 0) is 0 Å². The van der Waals surface area contributed by atoms with E-state index in [-0.39, 0.29) is 10.5 Å². The zero-order chi connectivity index (χ0) is 5.86. The summed E-state index contributed by atoms with van der Waals surface area (Å²) < 4.78 is 0. The molecular formula is C3H7FNO2S-. The van der Waals surface area contributed by atoms with Crippen LogP contribution in [0.25, 0.3) is 0 Å². The maximum Gasteiger partial charge on any atom is 0.321 e. The van der Waals surface area contributed by atoms with Gasteiger partial charge in [0, 0.05) is 5.75 Å². The predicted molar refractivity (Wildman–Crippen MR) is 29.5 cm³/mol. The molecule has 8 heavy (non-hydrogen) atoms. The Morgan fingerprint density at radius 3 is 2.25 bits per heavy atom. The van der Waals surface area contributed by atoms with Gasteiger partial charge < -0.3 is 15.5 Å². The Balaban J connectivity index is 0. The van der Waals surface area contributed by atoms with Crippen molar-refractivity contribution < 1.29 is 14.6 Å². The summed E-state index contributed by atoms with van der Waals surface area (Å²) in [6.45, 7) is 0. The number of carbonyl (C=O) groups is 1. The van der Waals surface area contributed by atoms with Crippen molar-refractivity contribution in [1.82, 2.24) is 0 Å². The van der Waals surface area contributed by atoms with Crippen LogP contribution in [0.4, 0.5) is 0 Å². The topological polar surface area (TPSA) is 63.3 Å². The van der Waals surface area contributed by atoms with E-state index in [2.05, 4.69) is 12.6 Å². The van der Waals surface area contributed by atoms with E-state index < -0.39 is 12.0 Å². The number of halogens is 1. The molecule has 5 heteroatoms. The predicted octanol–water partition coefficient (Wildman–Crippen LogP) is -3.67. The first-order valence-corrected chi connectivity index (χ1v) is 2.41. The summed E-state index contributed by atoms with van der Waals surface area (Å²) in [4.78, 5) is 9.76. The van der Waals surface area contributed by atoms with Crippen molar-refractivity contribution >= 4 is 18.6 Å². The number of rotatable bonds is 2. The number of thiol groups is 1. The minimum absolute atomic E-state index is 0. The van der Waals surface area contributed by atoms with Crippen molar-refractivity contribution in [3.8, 4) is 0 Å². The van der Waals surface area contributed by atoms with E-state index in [1.54, 1.807) is 0 Å². The second kappa shape index (κ2) is 4.86. The summed E-state index contributed by atoms with van der Waals surface area (Å²) in [7, 11) is 0. The molecule has 0 radical (unpaired) electrons. The number of carboxylic acid groups (broad SMARTS) is 1. The Labute approximate surface area is 51.6 Å². The van der Waals surface area contributed by atoms with Crippen LogP contribution in [0, 0.1) is 0 Å². The van der Waals surface area contributed by atoms with E-state index in [9.17, 15) is 4.79 Å². The third-order valence-corrected chi connectivity index (χ3v) is 0.907. The normalized spacial score (nSPS) is 11.8. The molecule has 50 valence electrons. The summed E-state index contributed by atoms with van der Waals surface area (Å²) >= 11 is 3.65. The van der Waals surface area contributed by atoms with Crippen LogP contribution < -0.4 is 10.4 Å². The van der Waals surface area contributed by atoms with Gasteiger partial charge in [-0.25, -0.2) is 0 Å². The molecule has 0 rings (SSSR count). The van der Waals surface area contributed by atoms with Gasteiger partial charge in [-0.2, -0.15) is 12.6 Å². The molecule has 0 aromatic heterocycles. The molecule has 3 N–H and O–H groups in total. The van der Waals surface area contributed by atoms with Crippen LogP contribution in [0.15, 0.2) is 0 Å². The van der Waals surface area contributed by atoms with Crippen LogP contribution in [0.3, 0.4) is 0 Å². The number of hydrogen-bond donors (Lipinski definition) is 3. The summed E-state index contributed by atoms with van der Waals surface area (Å²) in [5, 5.41) is 8.01. The van der Waals surface area contributed by atoms with Crippen LogP contribution in [0.1, 0.15) is 0 Å². The molecule has 0 aliphatic rings. The summed E-state index contributed by atoms with van der Waals surface area (Å²) in [6.07, 6.45) is 0. The van der Waals surface area contributed by atoms with Gasteiger partial charge in [0.1, 0.15) is 6.04 Å². The molecule has 0 aromatic carbocycles. The highest BCUT2D eigenvalue weighted by Crippen LogP contribution is 1.80. The van der Waals surface area contributed by atoms with Crippen LogP contribution >= 0.6 is 12.6 Å². The zero-order valence-corrected chi connectivity index (χ0v) is 4.94. The van der Waals surface area contributed by atoms with Gasteiger partial charge in [-0.1, -0.05) is 0 Å². The fourth-order valence-electron chi connectivity index (χ4n) is 0.0781. The molecule has 0 bridgehead atoms. The van der Waals surface area contributed by atoms with Gasteiger partial charge in [0.05, 0.1) is 0 Å². The monoisotopic (exact) mass is 140 g/mol. The number of aliphatic carboxylic acids is 1. The largest absolute Gasteiger partial charge is 1.00 e. The van der Waals surface area contributed by atoms with Crippen molar-refractivity contribution in [2.24, 2.45) is 5.73 Å². The first-order valence-electron chi connectivity index (χ1n) is 1.77. The molecule has 0 fully saturated rings. The van der Waals surface area contributed by atoms with E-state index in [0.29, 0.717) is 0 Å². The third kappa shape index (κ3) is 3.89. The Hall–Kier alpha value is -0.290. The van der Waals surface area contributed by atoms with Crippen LogP contribution in [-0.2, 0) is 4.79 Å². The Bertz CT molecular complexity index is 79.7. The second-order valence-corrected chi connectivity index (χ2v) is 1.49. The van der Waals surface area contributed by atoms with Crippen molar-refractivity contribution in [3.05, 3.63) is 0 Å². The minimum atomic E-state index is -1.00. The highest BCUT2D eigenvalue weighted by Gasteiger charge is 2.06. The summed E-state index contributed by atoms with van der Waals surface area (Å²) in [5.74, 6) is -0.815. The van der Waals surface area contributed by atoms with E-state index in [4.69, 9.17) is 10.8 Å². The maximum atomic E-state index is 9.76. The van der Waals surface area contributed by atoms with Crippen molar-refractivity contribution in [2.75, 3.05) is 5.75 Å². The molecule has 0 aliphatic heterocycles. The van der Waals surface area contributed by atoms with E-state index in [1.807, 2.05) is 0 Å². The fraction of sp³-hybridized carbons (Fsp3) is 0.667. The smallest absolute Gasteiger partial charge is 0.321 e. The quantitative estimate of drug-likeness (QED) is 0.346. The molecule has 1 unspecified atom stereocenters. The lowest BCUT2D eigenvalue weighted by Crippen LogP contribution is -3.00. The number of hydrogen-bond acceptors (Lipinski definition) is 3. The summed E-state index contributed by atoms with van der Waals surface area (Å²) in [6, 6.07) is -0.816. The Kier molecular flexibility index (Phi) is 6.47. The van der Waals surface area contributed by atoms with Crippen molar-refractivity contribution in [3.63, 3.8) is 0 Å². The van der Waals surface area contributed by atoms with Crippen molar-refractivity contribution in [1.29, 1.82) is 0 Å². The number of nitrogens with two attached hydrogens (primary N) is 1. The fourth-order valence-corrected chi connectivity index (χ4v) is 0.234. The van der Waals surface area contributed by atoms with Crippen LogP contribution in [-0.4, -0.2) is 22.9 Å². The Morgan fingerprint density at radius 2 is 2.25 bits per heavy atom. The van der Waals surface area contributed by atoms with Gasteiger partial charge in [0.25, 0.3) is 0 Å². The third-order valence-electron chi connectivity index (χ3n) is 0.514. The first kappa shape index (κ1) is 10.6. The van der Waals surface area contributed by atoms with Crippen molar-refractivity contribution in [2.45, 2.75) is 6.04 Å². The van der Waals surface area contributed by atoms with Gasteiger partial charge in [-0.15, -0.1) is 0 Å². The first-order chi connectivity index (χ1) is 3.18. The Morgan fingerprint density at radius 1 is 1.88 bits per heavy atom. The molecule has 0 aromatic rings. The standard InChI is InChI=1S/C3H7NO2S.FH/c4-2(1-7)3(5)6;/h2,7H,1,4H2,(H,5,6);1H/p-1. The molecule has 3 nitrogen and oxygen atoms in total. The van der Waals surface area contributed by atoms with E-state index >= 15 is 0 Å². The van der Waals surface area contributed by atoms with Gasteiger partial charge in [0.15, 0.2) is 0 Å². The minimum Gasteiger partial charge on any atom is -1.00 e. The van der Waals surface area contributed by atoms with Gasteiger partial charge in [0.2, 0.25) is 0 Å². The van der Waals surface area contributed by atoms with E-state index in [1.165, 1.54) is 0 Å². The highest BCUT2D eigenvalue weighted by atomic mass is 32.1. The molecule has 0 saturated carbocycles. The van der Waals surface area contributed by atoms with Crippen LogP contribution in [0.5, 0.6) is 0 Å². The highest BCUT2D eigenvalue weighted by molar-refractivity contribution is 7.80. The molecule has 0 heterocycles. The second-order valence-electron chi connectivity index (χ2n) is 1.13. The van der Waals surface area contributed by atoms with E-state index in [0.717, 1.165) is 0 Å². The van der Waals surface area contributed by atoms with Crippen LogP contribution in [0.2, 0.25) is 0 Å². The lowest BCUT2D eigenvalue weighted by atomic mass is 10.4. The number of carboxylic acids is 1. The molecular weight excluding hydrogens is 133 g/mol. The average molecular weight is 140 g/mol. The zero-order valence-electron chi connectivity index (χ0n) is 4.04. The summed E-state index contributed by atoms with van der Waals surface area (Å²) in [5.41, 5.74) is 4.94. The SMILES string of the molecule is NC(CS)C(=O)O.[F-]. The average Bonchev–Trinajstić information content (AvgIpc) is 1.65. The van der Waals surface area contributed by atoms with Gasteiger partial charge >= 0.3 is 5.97 Å². The maximum absolute atomic E-state index is 9.76. The molecule has 0 amide bonds. The van der Waals surface area contributed by atoms with Gasteiger partial charge in [-0.3, -0.25) is 4.79 Å². The molecule has 0 aliphatic carbocycles. The lowest BCUT2D eigenvalue weighted by molar-refractivity contribution is -0.137. The molecule has 0 saturated heterocycles. The molecule has 0 spiro atoms. The molecule has 1 atom stereocenters. The lowest BCUT2D eigenvalue weighted by Gasteiger charge is -1.96.